The fraction of sp³-hybridized carbons (Fsp3) is 0.375. The summed E-state index contributed by atoms with van der Waals surface area (Å²) in [4.78, 5) is 0. The average molecular weight is 275 g/mol. The second-order valence-electron chi connectivity index (χ2n) is 4.96. The third-order valence-electron chi connectivity index (χ3n) is 3.93. The van der Waals surface area contributed by atoms with E-state index in [2.05, 4.69) is 47.0 Å². The van der Waals surface area contributed by atoms with Crippen molar-refractivity contribution in [1.29, 1.82) is 0 Å². The van der Waals surface area contributed by atoms with E-state index in [1.54, 1.807) is 0 Å². The molecule has 0 saturated carbocycles. The van der Waals surface area contributed by atoms with Gasteiger partial charge in [0.1, 0.15) is 0 Å². The molecule has 1 aromatic carbocycles. The van der Waals surface area contributed by atoms with Gasteiger partial charge in [-0.15, -0.1) is 18.8 Å². The maximum atomic E-state index is 5.36. The molecule has 2 aromatic rings. The molecule has 0 fully saturated rings. The highest BCUT2D eigenvalue weighted by atomic mass is 35.5. The van der Waals surface area contributed by atoms with E-state index in [-0.39, 0.29) is 12.4 Å². The van der Waals surface area contributed by atoms with Crippen molar-refractivity contribution < 1.29 is 0 Å². The van der Waals surface area contributed by atoms with Crippen LogP contribution in [0.15, 0.2) is 24.3 Å². The van der Waals surface area contributed by atoms with Crippen LogP contribution < -0.4 is 5.32 Å². The number of halogens is 1. The highest BCUT2D eigenvalue weighted by Crippen LogP contribution is 2.35. The van der Waals surface area contributed by atoms with Gasteiger partial charge in [-0.05, 0) is 31.4 Å². The van der Waals surface area contributed by atoms with E-state index < -0.39 is 0 Å². The van der Waals surface area contributed by atoms with Gasteiger partial charge in [-0.3, -0.25) is 5.32 Å². The Morgan fingerprint density at radius 1 is 1.42 bits per heavy atom. The summed E-state index contributed by atoms with van der Waals surface area (Å²) >= 11 is 0. The zero-order valence-corrected chi connectivity index (χ0v) is 12.0. The Morgan fingerprint density at radius 3 is 3.00 bits per heavy atom. The van der Waals surface area contributed by atoms with Gasteiger partial charge in [0.05, 0.1) is 6.54 Å². The van der Waals surface area contributed by atoms with Gasteiger partial charge >= 0.3 is 0 Å². The summed E-state index contributed by atoms with van der Waals surface area (Å²) in [5.74, 6) is 2.68. The van der Waals surface area contributed by atoms with Crippen molar-refractivity contribution in [3.8, 4) is 12.3 Å². The lowest BCUT2D eigenvalue weighted by Crippen LogP contribution is -2.28. The smallest absolute Gasteiger partial charge is 0.0579 e. The fourth-order valence-corrected chi connectivity index (χ4v) is 3.16. The van der Waals surface area contributed by atoms with Crippen LogP contribution in [-0.2, 0) is 6.54 Å². The molecule has 0 spiro atoms. The Balaban J connectivity index is 0.00000133. The number of nitrogens with zero attached hydrogens (tertiary/aromatic N) is 1. The van der Waals surface area contributed by atoms with E-state index in [1.807, 2.05) is 0 Å². The number of rotatable bonds is 2. The molecule has 19 heavy (non-hydrogen) atoms. The maximum absolute atomic E-state index is 5.36. The maximum Gasteiger partial charge on any atom is 0.0579 e. The molecular formula is C16H19ClN2. The predicted octanol–water partition coefficient (Wildman–Crippen LogP) is 3.43. The average Bonchev–Trinajstić information content (AvgIpc) is 2.72. The number of aromatic nitrogens is 1. The molecule has 1 atom stereocenters. The number of terminal acetylenes is 1. The predicted molar refractivity (Wildman–Crippen MR) is 82.7 cm³/mol. The van der Waals surface area contributed by atoms with Crippen molar-refractivity contribution in [3.63, 3.8) is 0 Å². The summed E-state index contributed by atoms with van der Waals surface area (Å²) < 4.78 is 2.46. The molecule has 1 unspecified atom stereocenters. The highest BCUT2D eigenvalue weighted by molar-refractivity contribution is 5.86. The van der Waals surface area contributed by atoms with E-state index in [9.17, 15) is 0 Å². The molecule has 2 nitrogen and oxygen atoms in total. The van der Waals surface area contributed by atoms with Gasteiger partial charge in [-0.1, -0.05) is 24.1 Å². The fourth-order valence-electron chi connectivity index (χ4n) is 3.16. The largest absolute Gasteiger partial charge is 0.343 e. The van der Waals surface area contributed by atoms with E-state index in [4.69, 9.17) is 6.42 Å². The number of benzene rings is 1. The molecule has 0 aliphatic carbocycles. The van der Waals surface area contributed by atoms with Gasteiger partial charge in [0.2, 0.25) is 0 Å². The van der Waals surface area contributed by atoms with Gasteiger partial charge < -0.3 is 4.57 Å². The molecule has 0 radical (unpaired) electrons. The van der Waals surface area contributed by atoms with Gasteiger partial charge in [-0.2, -0.15) is 0 Å². The number of hydrogen-bond acceptors (Lipinski definition) is 1. The minimum atomic E-state index is 0. The SMILES string of the molecule is C#CCNC1CCCn2c1c(C)c1ccccc12.Cl. The van der Waals surface area contributed by atoms with Crippen molar-refractivity contribution in [1.82, 2.24) is 9.88 Å². The third kappa shape index (κ3) is 2.25. The van der Waals surface area contributed by atoms with Gasteiger partial charge in [0.25, 0.3) is 0 Å². The highest BCUT2D eigenvalue weighted by Gasteiger charge is 2.24. The van der Waals surface area contributed by atoms with Crippen molar-refractivity contribution >= 4 is 23.3 Å². The molecule has 3 rings (SSSR count). The van der Waals surface area contributed by atoms with Crippen LogP contribution >= 0.6 is 12.4 Å². The van der Waals surface area contributed by atoms with Crippen LogP contribution in [0, 0.1) is 19.3 Å². The van der Waals surface area contributed by atoms with Crippen molar-refractivity contribution in [3.05, 3.63) is 35.5 Å². The molecule has 0 bridgehead atoms. The van der Waals surface area contributed by atoms with E-state index in [0.29, 0.717) is 12.6 Å². The second kappa shape index (κ2) is 5.69. The van der Waals surface area contributed by atoms with Gasteiger partial charge in [0.15, 0.2) is 0 Å². The van der Waals surface area contributed by atoms with Crippen LogP contribution in [0.1, 0.15) is 30.1 Å². The van der Waals surface area contributed by atoms with E-state index in [0.717, 1.165) is 6.54 Å². The van der Waals surface area contributed by atoms with Crippen LogP contribution in [0.4, 0.5) is 0 Å². The quantitative estimate of drug-likeness (QED) is 0.831. The normalized spacial score (nSPS) is 17.6. The zero-order valence-electron chi connectivity index (χ0n) is 11.1. The van der Waals surface area contributed by atoms with E-state index >= 15 is 0 Å². The summed E-state index contributed by atoms with van der Waals surface area (Å²) in [7, 11) is 0. The number of hydrogen-bond donors (Lipinski definition) is 1. The molecule has 1 N–H and O–H groups in total. The topological polar surface area (TPSA) is 17.0 Å². The van der Waals surface area contributed by atoms with Crippen LogP contribution in [0.3, 0.4) is 0 Å². The lowest BCUT2D eigenvalue weighted by molar-refractivity contribution is 0.413. The Morgan fingerprint density at radius 2 is 2.21 bits per heavy atom. The Bertz CT molecular complexity index is 621. The van der Waals surface area contributed by atoms with E-state index in [1.165, 1.54) is 35.0 Å². The molecule has 1 aliphatic rings. The monoisotopic (exact) mass is 274 g/mol. The van der Waals surface area contributed by atoms with Crippen LogP contribution in [0.5, 0.6) is 0 Å². The molecule has 100 valence electrons. The summed E-state index contributed by atoms with van der Waals surface area (Å²) in [5, 5.41) is 4.85. The lowest BCUT2D eigenvalue weighted by atomic mass is 10.0. The third-order valence-corrected chi connectivity index (χ3v) is 3.93. The van der Waals surface area contributed by atoms with Crippen LogP contribution in [-0.4, -0.2) is 11.1 Å². The summed E-state index contributed by atoms with van der Waals surface area (Å²) in [5.41, 5.74) is 4.19. The lowest BCUT2D eigenvalue weighted by Gasteiger charge is -2.26. The molecule has 3 heteroatoms. The van der Waals surface area contributed by atoms with Crippen LogP contribution in [0.2, 0.25) is 0 Å². The minimum absolute atomic E-state index is 0. The van der Waals surface area contributed by atoms with Gasteiger partial charge in [0, 0.05) is 29.2 Å². The van der Waals surface area contributed by atoms with Crippen LogP contribution in [0.25, 0.3) is 10.9 Å². The van der Waals surface area contributed by atoms with Crippen molar-refractivity contribution in [2.75, 3.05) is 6.54 Å². The first-order valence-electron chi connectivity index (χ1n) is 6.57. The number of nitrogens with one attached hydrogen (secondary N) is 1. The first-order chi connectivity index (χ1) is 8.83. The van der Waals surface area contributed by atoms with Crippen molar-refractivity contribution in [2.45, 2.75) is 32.4 Å². The summed E-state index contributed by atoms with van der Waals surface area (Å²) in [6.07, 6.45) is 7.75. The molecular weight excluding hydrogens is 256 g/mol. The summed E-state index contributed by atoms with van der Waals surface area (Å²) in [6, 6.07) is 9.07. The second-order valence-corrected chi connectivity index (χ2v) is 4.96. The molecule has 1 aromatic heterocycles. The standard InChI is InChI=1S/C16H18N2.ClH/c1-3-10-17-14-8-6-11-18-15-9-5-4-7-13(15)12(2)16(14)18;/h1,4-5,7,9,14,17H,6,8,10-11H2,2H3;1H. The molecule has 0 amide bonds. The number of fused-ring (bicyclic) bond motifs is 3. The summed E-state index contributed by atoms with van der Waals surface area (Å²) in [6.45, 7) is 3.99. The minimum Gasteiger partial charge on any atom is -0.343 e. The molecule has 0 saturated heterocycles. The van der Waals surface area contributed by atoms with Crippen molar-refractivity contribution in [2.24, 2.45) is 0 Å². The van der Waals surface area contributed by atoms with Gasteiger partial charge in [-0.25, -0.2) is 0 Å². The Hall–Kier alpha value is -1.43. The first kappa shape index (κ1) is 14.0. The molecule has 2 heterocycles. The Labute approximate surface area is 120 Å². The first-order valence-corrected chi connectivity index (χ1v) is 6.57. The number of aryl methyl sites for hydroxylation is 2. The number of para-hydroxylation sites is 1. The molecule has 1 aliphatic heterocycles. The zero-order chi connectivity index (χ0) is 12.5. The Kier molecular flexibility index (Phi) is 4.19.